The van der Waals surface area contributed by atoms with Gasteiger partial charge >= 0.3 is 7.82 Å². The van der Waals surface area contributed by atoms with Crippen LogP contribution in [0.15, 0.2) is 0 Å². The van der Waals surface area contributed by atoms with Gasteiger partial charge in [-0.2, -0.15) is 0 Å². The van der Waals surface area contributed by atoms with E-state index in [1.54, 1.807) is 0 Å². The lowest BCUT2D eigenvalue weighted by Crippen LogP contribution is -2.64. The highest BCUT2D eigenvalue weighted by Crippen LogP contribution is 2.47. The minimum atomic E-state index is -5.12. The molecule has 0 aromatic rings. The molecular formula is C54H108NO12P. The van der Waals surface area contributed by atoms with Crippen LogP contribution in [0.25, 0.3) is 0 Å². The second-order valence-corrected chi connectivity index (χ2v) is 22.1. The molecule has 1 aliphatic carbocycles. The Balaban J connectivity index is 2.39. The summed E-state index contributed by atoms with van der Waals surface area (Å²) in [4.78, 5) is 23.6. The van der Waals surface area contributed by atoms with Gasteiger partial charge in [0, 0.05) is 0 Å². The van der Waals surface area contributed by atoms with E-state index in [4.69, 9.17) is 9.05 Å². The van der Waals surface area contributed by atoms with E-state index in [9.17, 15) is 50.0 Å². The van der Waals surface area contributed by atoms with Crippen molar-refractivity contribution in [2.45, 2.75) is 332 Å². The highest BCUT2D eigenvalue weighted by atomic mass is 31.2. The molecule has 406 valence electrons. The summed E-state index contributed by atoms with van der Waals surface area (Å²) in [6.07, 6.45) is 34.2. The van der Waals surface area contributed by atoms with Gasteiger partial charge in [-0.15, -0.1) is 0 Å². The molecule has 0 bridgehead atoms. The lowest BCUT2D eigenvalue weighted by atomic mass is 9.85. The lowest BCUT2D eigenvalue weighted by molar-refractivity contribution is -0.220. The Bertz CT molecular complexity index is 1170. The first-order chi connectivity index (χ1) is 32.8. The van der Waals surface area contributed by atoms with Gasteiger partial charge in [0.25, 0.3) is 0 Å². The van der Waals surface area contributed by atoms with Crippen LogP contribution in [0.1, 0.15) is 277 Å². The van der Waals surface area contributed by atoms with Crippen molar-refractivity contribution in [3.63, 3.8) is 0 Å². The van der Waals surface area contributed by atoms with Crippen molar-refractivity contribution in [3.05, 3.63) is 0 Å². The van der Waals surface area contributed by atoms with E-state index in [1.807, 2.05) is 0 Å². The predicted octanol–water partition coefficient (Wildman–Crippen LogP) is 11.5. The quantitative estimate of drug-likeness (QED) is 0.0205. The van der Waals surface area contributed by atoms with Crippen molar-refractivity contribution in [2.24, 2.45) is 0 Å². The number of nitrogens with one attached hydrogen (secondary N) is 1. The van der Waals surface area contributed by atoms with Crippen LogP contribution in [0.3, 0.4) is 0 Å². The van der Waals surface area contributed by atoms with E-state index < -0.39 is 75.2 Å². The number of rotatable bonds is 49. The van der Waals surface area contributed by atoms with Crippen LogP contribution in [0.2, 0.25) is 0 Å². The lowest BCUT2D eigenvalue weighted by Gasteiger charge is -2.41. The topological polar surface area (TPSA) is 226 Å². The summed E-state index contributed by atoms with van der Waals surface area (Å²) in [6, 6.07) is -1.15. The molecule has 1 rings (SSSR count). The van der Waals surface area contributed by atoms with E-state index in [2.05, 4.69) is 19.2 Å². The van der Waals surface area contributed by atoms with Crippen molar-refractivity contribution in [3.8, 4) is 0 Å². The fraction of sp³-hybridized carbons (Fsp3) is 0.981. The molecule has 0 spiro atoms. The molecule has 0 radical (unpaired) electrons. The zero-order valence-electron chi connectivity index (χ0n) is 43.6. The number of carbonyl (C=O) groups excluding carboxylic acids is 1. The standard InChI is InChI=1S/C54H108NO12P/c1-3-5-7-9-11-13-15-17-19-21-22-23-24-26-28-30-32-34-36-38-40-42-47(57)46(44-66-68(64,65)67-54-52(62)50(60)49(59)51(61)53(54)63)55-48(58)43-45(56)41-39-37-35-33-31-29-27-25-20-18-16-14-12-10-8-6-4-2/h45-47,49-54,56-57,59-63H,3-44H2,1-2H3,(H,55,58)(H,64,65). The molecule has 1 aliphatic rings. The molecule has 1 saturated carbocycles. The molecule has 0 aliphatic heterocycles. The summed E-state index contributed by atoms with van der Waals surface area (Å²) in [5.74, 6) is -0.553. The molecular weight excluding hydrogens is 886 g/mol. The molecule has 0 saturated heterocycles. The Kier molecular flexibility index (Phi) is 42.1. The molecule has 9 N–H and O–H groups in total. The zero-order valence-corrected chi connectivity index (χ0v) is 44.4. The number of phosphoric ester groups is 1. The normalized spacial score (nSPS) is 22.0. The molecule has 1 fully saturated rings. The van der Waals surface area contributed by atoms with Crippen LogP contribution >= 0.6 is 7.82 Å². The Morgan fingerprint density at radius 3 is 1.06 bits per heavy atom. The van der Waals surface area contributed by atoms with Gasteiger partial charge in [0.1, 0.15) is 36.6 Å². The monoisotopic (exact) mass is 994 g/mol. The first kappa shape index (κ1) is 65.3. The Labute approximate surface area is 415 Å². The van der Waals surface area contributed by atoms with Gasteiger partial charge in [-0.25, -0.2) is 4.57 Å². The number of unbranched alkanes of at least 4 members (excludes halogenated alkanes) is 36. The second-order valence-electron chi connectivity index (χ2n) is 20.7. The van der Waals surface area contributed by atoms with E-state index in [0.29, 0.717) is 12.8 Å². The fourth-order valence-electron chi connectivity index (χ4n) is 9.60. The number of hydrogen-bond acceptors (Lipinski definition) is 11. The molecule has 0 heterocycles. The van der Waals surface area contributed by atoms with Crippen molar-refractivity contribution < 1.29 is 59.0 Å². The van der Waals surface area contributed by atoms with Crippen molar-refractivity contribution in [1.82, 2.24) is 5.32 Å². The fourth-order valence-corrected chi connectivity index (χ4v) is 10.6. The van der Waals surface area contributed by atoms with Crippen LogP contribution in [-0.4, -0.2) is 108 Å². The molecule has 14 heteroatoms. The largest absolute Gasteiger partial charge is 0.472 e. The summed E-state index contributed by atoms with van der Waals surface area (Å²) in [7, 11) is -5.12. The predicted molar refractivity (Wildman–Crippen MR) is 275 cm³/mol. The Morgan fingerprint density at radius 2 is 0.735 bits per heavy atom. The van der Waals surface area contributed by atoms with Crippen LogP contribution in [0.4, 0.5) is 0 Å². The number of aliphatic hydroxyl groups excluding tert-OH is 7. The average molecular weight is 994 g/mol. The maximum Gasteiger partial charge on any atom is 0.472 e. The van der Waals surface area contributed by atoms with Crippen LogP contribution in [0, 0.1) is 0 Å². The summed E-state index contributed by atoms with van der Waals surface area (Å²) in [6.45, 7) is 3.85. The highest BCUT2D eigenvalue weighted by molar-refractivity contribution is 7.47. The zero-order chi connectivity index (χ0) is 50.1. The maximum absolute atomic E-state index is 13.1. The minimum absolute atomic E-state index is 0.215. The number of phosphoric acid groups is 1. The molecule has 13 nitrogen and oxygen atoms in total. The smallest absolute Gasteiger partial charge is 0.393 e. The van der Waals surface area contributed by atoms with Gasteiger partial charge in [0.2, 0.25) is 5.91 Å². The van der Waals surface area contributed by atoms with E-state index in [0.717, 1.165) is 44.9 Å². The second kappa shape index (κ2) is 43.8. The third-order valence-corrected chi connectivity index (χ3v) is 15.2. The number of aliphatic hydroxyl groups is 7. The Morgan fingerprint density at radius 1 is 0.456 bits per heavy atom. The van der Waals surface area contributed by atoms with Crippen molar-refractivity contribution in [1.29, 1.82) is 0 Å². The molecule has 1 amide bonds. The summed E-state index contributed by atoms with van der Waals surface area (Å²) in [5.41, 5.74) is 0. The summed E-state index contributed by atoms with van der Waals surface area (Å²) >= 11 is 0. The van der Waals surface area contributed by atoms with Crippen LogP contribution < -0.4 is 5.32 Å². The van der Waals surface area contributed by atoms with Gasteiger partial charge in [-0.1, -0.05) is 258 Å². The van der Waals surface area contributed by atoms with Gasteiger partial charge in [-0.3, -0.25) is 13.8 Å². The molecule has 8 atom stereocenters. The highest BCUT2D eigenvalue weighted by Gasteiger charge is 2.51. The van der Waals surface area contributed by atoms with Crippen molar-refractivity contribution in [2.75, 3.05) is 6.61 Å². The first-order valence-corrected chi connectivity index (χ1v) is 30.1. The summed E-state index contributed by atoms with van der Waals surface area (Å²) in [5, 5.41) is 75.0. The van der Waals surface area contributed by atoms with Crippen LogP contribution in [-0.2, 0) is 18.4 Å². The minimum Gasteiger partial charge on any atom is -0.393 e. The Hall–Kier alpha value is -0.700. The van der Waals surface area contributed by atoms with Gasteiger partial charge in [-0.05, 0) is 12.8 Å². The maximum atomic E-state index is 13.1. The third-order valence-electron chi connectivity index (χ3n) is 14.2. The average Bonchev–Trinajstić information content (AvgIpc) is 3.31. The molecule has 0 aromatic heterocycles. The number of hydrogen-bond donors (Lipinski definition) is 9. The molecule has 8 unspecified atom stereocenters. The number of carbonyl (C=O) groups is 1. The molecule has 0 aromatic carbocycles. The molecule has 68 heavy (non-hydrogen) atoms. The van der Waals surface area contributed by atoms with Crippen molar-refractivity contribution >= 4 is 13.7 Å². The third kappa shape index (κ3) is 34.6. The van der Waals surface area contributed by atoms with Crippen LogP contribution in [0.5, 0.6) is 0 Å². The SMILES string of the molecule is CCCCCCCCCCCCCCCCCCCCCCCC(O)C(COP(=O)(O)OC1C(O)C(O)C(O)C(O)C1O)NC(=O)CC(O)CCCCCCCCCCCCCCCCCCC. The van der Waals surface area contributed by atoms with E-state index in [-0.39, 0.29) is 12.8 Å². The van der Waals surface area contributed by atoms with Gasteiger partial charge in [0.05, 0.1) is 31.3 Å². The van der Waals surface area contributed by atoms with Gasteiger partial charge in [0.15, 0.2) is 0 Å². The van der Waals surface area contributed by atoms with E-state index in [1.165, 1.54) is 193 Å². The first-order valence-electron chi connectivity index (χ1n) is 28.6. The number of amides is 1. The van der Waals surface area contributed by atoms with E-state index >= 15 is 0 Å². The summed E-state index contributed by atoms with van der Waals surface area (Å²) < 4.78 is 23.1. The van der Waals surface area contributed by atoms with Gasteiger partial charge < -0.3 is 46.0 Å².